The molecule has 1 N–H and O–H groups in total. The molecule has 0 atom stereocenters. The molecule has 0 bridgehead atoms. The maximum atomic E-state index is 13.1. The van der Waals surface area contributed by atoms with Crippen molar-refractivity contribution in [3.05, 3.63) is 41.7 Å². The molecule has 1 aromatic heterocycles. The van der Waals surface area contributed by atoms with Crippen molar-refractivity contribution in [2.45, 2.75) is 38.5 Å². The Balaban J connectivity index is 1.81. The van der Waals surface area contributed by atoms with Crippen molar-refractivity contribution < 1.29 is 17.9 Å². The molecule has 1 aromatic carbocycles. The van der Waals surface area contributed by atoms with Crippen LogP contribution in [0.1, 0.15) is 42.9 Å². The number of hydrogen-bond acceptors (Lipinski definition) is 4. The van der Waals surface area contributed by atoms with Crippen LogP contribution in [-0.4, -0.2) is 42.9 Å². The molecule has 1 fully saturated rings. The minimum atomic E-state index is -3.62. The van der Waals surface area contributed by atoms with Gasteiger partial charge in [0, 0.05) is 31.5 Å². The van der Waals surface area contributed by atoms with Gasteiger partial charge in [-0.05, 0) is 62.9 Å². The average molecular weight is 420 g/mol. The SMILES string of the molecule is CCOc1ccc(NC(=O)c2cc(S(=O)(=O)N3CCC(C)CC3)c(C)n2C)cc1. The van der Waals surface area contributed by atoms with Gasteiger partial charge in [0.15, 0.2) is 0 Å². The Bertz CT molecular complexity index is 972. The molecule has 1 aliphatic heterocycles. The van der Waals surface area contributed by atoms with Crippen molar-refractivity contribution in [1.29, 1.82) is 0 Å². The van der Waals surface area contributed by atoms with Crippen LogP contribution in [0.15, 0.2) is 35.2 Å². The van der Waals surface area contributed by atoms with E-state index >= 15 is 0 Å². The van der Waals surface area contributed by atoms with E-state index in [0.29, 0.717) is 42.7 Å². The number of ether oxygens (including phenoxy) is 1. The van der Waals surface area contributed by atoms with Crippen LogP contribution in [0.25, 0.3) is 0 Å². The first-order valence-corrected chi connectivity index (χ1v) is 11.4. The zero-order valence-electron chi connectivity index (χ0n) is 17.4. The summed E-state index contributed by atoms with van der Waals surface area (Å²) in [5, 5.41) is 2.82. The van der Waals surface area contributed by atoms with E-state index in [9.17, 15) is 13.2 Å². The van der Waals surface area contributed by atoms with Gasteiger partial charge in [0.2, 0.25) is 10.0 Å². The van der Waals surface area contributed by atoms with Crippen LogP contribution < -0.4 is 10.1 Å². The van der Waals surface area contributed by atoms with Gasteiger partial charge in [-0.3, -0.25) is 4.79 Å². The summed E-state index contributed by atoms with van der Waals surface area (Å²) in [4.78, 5) is 13.0. The molecule has 29 heavy (non-hydrogen) atoms. The van der Waals surface area contributed by atoms with Crippen LogP contribution in [-0.2, 0) is 17.1 Å². The van der Waals surface area contributed by atoms with Crippen molar-refractivity contribution in [2.75, 3.05) is 25.0 Å². The monoisotopic (exact) mass is 419 g/mol. The van der Waals surface area contributed by atoms with E-state index in [2.05, 4.69) is 12.2 Å². The fourth-order valence-corrected chi connectivity index (χ4v) is 5.25. The molecule has 0 saturated carbocycles. The Morgan fingerprint density at radius 2 is 1.83 bits per heavy atom. The summed E-state index contributed by atoms with van der Waals surface area (Å²) in [7, 11) is -1.91. The number of carbonyl (C=O) groups excluding carboxylic acids is 1. The summed E-state index contributed by atoms with van der Waals surface area (Å²) in [5.41, 5.74) is 1.48. The molecule has 2 heterocycles. The number of piperidine rings is 1. The van der Waals surface area contributed by atoms with Gasteiger partial charge in [0.05, 0.1) is 6.61 Å². The Labute approximate surface area is 172 Å². The number of amides is 1. The van der Waals surface area contributed by atoms with Crippen molar-refractivity contribution in [1.82, 2.24) is 8.87 Å². The van der Waals surface area contributed by atoms with Gasteiger partial charge in [-0.2, -0.15) is 4.31 Å². The van der Waals surface area contributed by atoms with Crippen LogP contribution >= 0.6 is 0 Å². The standard InChI is InChI=1S/C21H29N3O4S/c1-5-28-18-8-6-17(7-9-18)22-21(25)19-14-20(16(3)23(19)4)29(26,27)24-12-10-15(2)11-13-24/h6-9,14-15H,5,10-13H2,1-4H3,(H,22,25). The number of rotatable bonds is 6. The van der Waals surface area contributed by atoms with Crippen LogP contribution in [0.2, 0.25) is 0 Å². The van der Waals surface area contributed by atoms with E-state index in [0.717, 1.165) is 18.6 Å². The highest BCUT2D eigenvalue weighted by Crippen LogP contribution is 2.27. The van der Waals surface area contributed by atoms with E-state index in [1.807, 2.05) is 6.92 Å². The van der Waals surface area contributed by atoms with Crippen molar-refractivity contribution in [3.8, 4) is 5.75 Å². The summed E-state index contributed by atoms with van der Waals surface area (Å²) in [6.45, 7) is 7.39. The summed E-state index contributed by atoms with van der Waals surface area (Å²) >= 11 is 0. The van der Waals surface area contributed by atoms with Gasteiger partial charge in [-0.15, -0.1) is 0 Å². The predicted molar refractivity (Wildman–Crippen MR) is 113 cm³/mol. The van der Waals surface area contributed by atoms with E-state index in [1.54, 1.807) is 42.8 Å². The van der Waals surface area contributed by atoms with Crippen LogP contribution in [0.5, 0.6) is 5.75 Å². The molecule has 1 aliphatic rings. The first-order valence-electron chi connectivity index (χ1n) is 9.94. The molecule has 0 spiro atoms. The molecular weight excluding hydrogens is 390 g/mol. The number of aromatic nitrogens is 1. The molecule has 2 aromatic rings. The zero-order valence-corrected chi connectivity index (χ0v) is 18.3. The van der Waals surface area contributed by atoms with Gasteiger partial charge >= 0.3 is 0 Å². The van der Waals surface area contributed by atoms with Crippen molar-refractivity contribution in [3.63, 3.8) is 0 Å². The number of carbonyl (C=O) groups is 1. The number of sulfonamides is 1. The third-order valence-electron chi connectivity index (χ3n) is 5.51. The van der Waals surface area contributed by atoms with Crippen LogP contribution in [0.3, 0.4) is 0 Å². The van der Waals surface area contributed by atoms with Gasteiger partial charge in [-0.25, -0.2) is 8.42 Å². The Kier molecular flexibility index (Phi) is 6.33. The lowest BCUT2D eigenvalue weighted by Crippen LogP contribution is -2.38. The predicted octanol–water partition coefficient (Wildman–Crippen LogP) is 3.41. The highest BCUT2D eigenvalue weighted by Gasteiger charge is 2.32. The molecule has 158 valence electrons. The fraction of sp³-hybridized carbons (Fsp3) is 0.476. The molecule has 8 heteroatoms. The Morgan fingerprint density at radius 3 is 2.41 bits per heavy atom. The minimum absolute atomic E-state index is 0.200. The largest absolute Gasteiger partial charge is 0.494 e. The fourth-order valence-electron chi connectivity index (χ4n) is 3.51. The summed E-state index contributed by atoms with van der Waals surface area (Å²) < 4.78 is 34.8. The molecule has 0 unspecified atom stereocenters. The average Bonchev–Trinajstić information content (AvgIpc) is 3.00. The van der Waals surface area contributed by atoms with Gasteiger partial charge < -0.3 is 14.6 Å². The first-order chi connectivity index (χ1) is 13.7. The molecule has 3 rings (SSSR count). The molecule has 1 amide bonds. The van der Waals surface area contributed by atoms with Crippen LogP contribution in [0, 0.1) is 12.8 Å². The van der Waals surface area contributed by atoms with E-state index in [-0.39, 0.29) is 10.8 Å². The summed E-state index contributed by atoms with van der Waals surface area (Å²) in [6.07, 6.45) is 1.71. The highest BCUT2D eigenvalue weighted by molar-refractivity contribution is 7.89. The van der Waals surface area contributed by atoms with Gasteiger partial charge in [-0.1, -0.05) is 6.92 Å². The van der Waals surface area contributed by atoms with Gasteiger partial charge in [0.25, 0.3) is 5.91 Å². The topological polar surface area (TPSA) is 80.6 Å². The molecule has 0 aliphatic carbocycles. The quantitative estimate of drug-likeness (QED) is 0.778. The van der Waals surface area contributed by atoms with Crippen molar-refractivity contribution in [2.24, 2.45) is 13.0 Å². The molecule has 0 radical (unpaired) electrons. The lowest BCUT2D eigenvalue weighted by Gasteiger charge is -2.29. The number of nitrogens with one attached hydrogen (secondary N) is 1. The maximum absolute atomic E-state index is 13.1. The second kappa shape index (κ2) is 8.59. The second-order valence-corrected chi connectivity index (χ2v) is 9.44. The highest BCUT2D eigenvalue weighted by atomic mass is 32.2. The summed E-state index contributed by atoms with van der Waals surface area (Å²) in [5.74, 6) is 0.909. The van der Waals surface area contributed by atoms with Crippen molar-refractivity contribution >= 4 is 21.6 Å². The second-order valence-electron chi connectivity index (χ2n) is 7.54. The number of anilines is 1. The number of nitrogens with zero attached hydrogens (tertiary/aromatic N) is 2. The maximum Gasteiger partial charge on any atom is 0.272 e. The number of benzene rings is 1. The normalized spacial score (nSPS) is 16.0. The van der Waals surface area contributed by atoms with Gasteiger partial charge in [0.1, 0.15) is 16.3 Å². The summed E-state index contributed by atoms with van der Waals surface area (Å²) in [6, 6.07) is 8.55. The molecule has 1 saturated heterocycles. The Morgan fingerprint density at radius 1 is 1.21 bits per heavy atom. The smallest absolute Gasteiger partial charge is 0.272 e. The lowest BCUT2D eigenvalue weighted by atomic mass is 10.0. The van der Waals surface area contributed by atoms with E-state index in [1.165, 1.54) is 10.4 Å². The third kappa shape index (κ3) is 4.48. The van der Waals surface area contributed by atoms with E-state index in [4.69, 9.17) is 4.74 Å². The lowest BCUT2D eigenvalue weighted by molar-refractivity contribution is 0.101. The van der Waals surface area contributed by atoms with E-state index < -0.39 is 10.0 Å². The molecule has 7 nitrogen and oxygen atoms in total. The first kappa shape index (κ1) is 21.4. The third-order valence-corrected chi connectivity index (χ3v) is 7.52. The zero-order chi connectivity index (χ0) is 21.2. The number of hydrogen-bond donors (Lipinski definition) is 1. The Hall–Kier alpha value is -2.32. The van der Waals surface area contributed by atoms with Crippen LogP contribution in [0.4, 0.5) is 5.69 Å². The minimum Gasteiger partial charge on any atom is -0.494 e. The molecular formula is C21H29N3O4S.